The van der Waals surface area contributed by atoms with Gasteiger partial charge in [0.25, 0.3) is 0 Å². The number of Topliss-reactive ketones (excluding diaryl/α,β-unsaturated/α-hetero) is 1. The summed E-state index contributed by atoms with van der Waals surface area (Å²) in [4.78, 5) is 18.2. The molecule has 0 spiro atoms. The minimum absolute atomic E-state index is 0.0480. The molecule has 2 aromatic rings. The SMILES string of the molecule is O=C(c1ccc(F)cc1)C1CCN(c2cccc(F)n2)CC1. The molecule has 0 unspecified atom stereocenters. The molecule has 1 aliphatic heterocycles. The standard InChI is InChI=1S/C17H16F2N2O/c18-14-6-4-12(5-7-14)17(22)13-8-10-21(11-9-13)16-3-1-2-15(19)20-16/h1-7,13H,8-11H2. The van der Waals surface area contributed by atoms with Gasteiger partial charge in [0.2, 0.25) is 5.95 Å². The largest absolute Gasteiger partial charge is 0.356 e. The van der Waals surface area contributed by atoms with E-state index in [1.807, 2.05) is 4.90 Å². The highest BCUT2D eigenvalue weighted by Crippen LogP contribution is 2.25. The van der Waals surface area contributed by atoms with Crippen molar-refractivity contribution in [3.63, 3.8) is 0 Å². The number of nitrogens with zero attached hydrogens (tertiary/aromatic N) is 2. The van der Waals surface area contributed by atoms with Gasteiger partial charge in [0.05, 0.1) is 0 Å². The zero-order valence-corrected chi connectivity index (χ0v) is 12.0. The maximum Gasteiger partial charge on any atom is 0.214 e. The Morgan fingerprint density at radius 2 is 1.73 bits per heavy atom. The van der Waals surface area contributed by atoms with E-state index >= 15 is 0 Å². The molecule has 0 saturated carbocycles. The molecule has 22 heavy (non-hydrogen) atoms. The predicted molar refractivity (Wildman–Crippen MR) is 79.9 cm³/mol. The molecule has 1 fully saturated rings. The number of carbonyl (C=O) groups excluding carboxylic acids is 1. The van der Waals surface area contributed by atoms with Crippen LogP contribution in [0.1, 0.15) is 23.2 Å². The molecule has 1 aliphatic rings. The van der Waals surface area contributed by atoms with E-state index in [0.717, 1.165) is 0 Å². The molecule has 1 aromatic heterocycles. The molecular weight excluding hydrogens is 286 g/mol. The number of ketones is 1. The Hall–Kier alpha value is -2.30. The van der Waals surface area contributed by atoms with Gasteiger partial charge in [0.1, 0.15) is 11.6 Å². The van der Waals surface area contributed by atoms with Crippen LogP contribution in [0.4, 0.5) is 14.6 Å². The lowest BCUT2D eigenvalue weighted by Crippen LogP contribution is -2.36. The highest BCUT2D eigenvalue weighted by molar-refractivity contribution is 5.97. The van der Waals surface area contributed by atoms with Crippen LogP contribution >= 0.6 is 0 Å². The maximum atomic E-state index is 13.2. The zero-order chi connectivity index (χ0) is 15.5. The van der Waals surface area contributed by atoms with Crippen LogP contribution in [0.15, 0.2) is 42.5 Å². The first kappa shape index (κ1) is 14.6. The van der Waals surface area contributed by atoms with Gasteiger partial charge in [0, 0.05) is 24.6 Å². The minimum Gasteiger partial charge on any atom is -0.356 e. The summed E-state index contributed by atoms with van der Waals surface area (Å²) in [5.41, 5.74) is 0.545. The minimum atomic E-state index is -0.498. The fraction of sp³-hybridized carbons (Fsp3) is 0.294. The average molecular weight is 302 g/mol. The molecule has 1 aromatic carbocycles. The summed E-state index contributed by atoms with van der Waals surface area (Å²) in [7, 11) is 0. The lowest BCUT2D eigenvalue weighted by molar-refractivity contribution is 0.0900. The van der Waals surface area contributed by atoms with Gasteiger partial charge in [-0.25, -0.2) is 9.37 Å². The first-order valence-electron chi connectivity index (χ1n) is 7.31. The zero-order valence-electron chi connectivity index (χ0n) is 12.0. The summed E-state index contributed by atoms with van der Waals surface area (Å²) in [6, 6.07) is 10.4. The molecule has 0 N–H and O–H groups in total. The van der Waals surface area contributed by atoms with E-state index in [2.05, 4.69) is 4.98 Å². The number of rotatable bonds is 3. The quantitative estimate of drug-likeness (QED) is 0.643. The Balaban J connectivity index is 1.64. The third-order valence-electron chi connectivity index (χ3n) is 4.02. The lowest BCUT2D eigenvalue weighted by atomic mass is 9.89. The topological polar surface area (TPSA) is 33.2 Å². The Morgan fingerprint density at radius 3 is 2.36 bits per heavy atom. The fourth-order valence-electron chi connectivity index (χ4n) is 2.79. The van der Waals surface area contributed by atoms with Crippen LogP contribution in [0.5, 0.6) is 0 Å². The van der Waals surface area contributed by atoms with Crippen molar-refractivity contribution in [3.8, 4) is 0 Å². The van der Waals surface area contributed by atoms with Gasteiger partial charge < -0.3 is 4.90 Å². The van der Waals surface area contributed by atoms with Crippen LogP contribution in [0, 0.1) is 17.7 Å². The maximum absolute atomic E-state index is 13.2. The average Bonchev–Trinajstić information content (AvgIpc) is 2.55. The number of benzene rings is 1. The van der Waals surface area contributed by atoms with Gasteiger partial charge in [0.15, 0.2) is 5.78 Å². The highest BCUT2D eigenvalue weighted by atomic mass is 19.1. The molecule has 0 amide bonds. The van der Waals surface area contributed by atoms with Crippen molar-refractivity contribution in [2.24, 2.45) is 5.92 Å². The van der Waals surface area contributed by atoms with E-state index < -0.39 is 5.95 Å². The van der Waals surface area contributed by atoms with Crippen molar-refractivity contribution in [1.82, 2.24) is 4.98 Å². The molecule has 3 nitrogen and oxygen atoms in total. The summed E-state index contributed by atoms with van der Waals surface area (Å²) in [6.07, 6.45) is 1.38. The van der Waals surface area contributed by atoms with Gasteiger partial charge in [-0.05, 0) is 49.2 Å². The number of aromatic nitrogens is 1. The van der Waals surface area contributed by atoms with E-state index in [9.17, 15) is 13.6 Å². The highest BCUT2D eigenvalue weighted by Gasteiger charge is 2.26. The predicted octanol–water partition coefficient (Wildman–Crippen LogP) is 3.46. The number of anilines is 1. The van der Waals surface area contributed by atoms with Crippen molar-refractivity contribution >= 4 is 11.6 Å². The molecule has 0 atom stereocenters. The third kappa shape index (κ3) is 3.13. The first-order valence-corrected chi connectivity index (χ1v) is 7.31. The molecule has 0 radical (unpaired) electrons. The molecule has 0 aliphatic carbocycles. The monoisotopic (exact) mass is 302 g/mol. The number of halogens is 2. The summed E-state index contributed by atoms with van der Waals surface area (Å²) >= 11 is 0. The molecule has 0 bridgehead atoms. The number of hydrogen-bond acceptors (Lipinski definition) is 3. The van der Waals surface area contributed by atoms with Crippen molar-refractivity contribution < 1.29 is 13.6 Å². The van der Waals surface area contributed by atoms with E-state index in [1.165, 1.54) is 30.3 Å². The van der Waals surface area contributed by atoms with Crippen LogP contribution in [0.25, 0.3) is 0 Å². The van der Waals surface area contributed by atoms with Crippen LogP contribution in [0.2, 0.25) is 0 Å². The van der Waals surface area contributed by atoms with Crippen molar-refractivity contribution in [2.45, 2.75) is 12.8 Å². The lowest BCUT2D eigenvalue weighted by Gasteiger charge is -2.32. The van der Waals surface area contributed by atoms with E-state index in [1.54, 1.807) is 12.1 Å². The summed E-state index contributed by atoms with van der Waals surface area (Å²) < 4.78 is 26.1. The van der Waals surface area contributed by atoms with Gasteiger partial charge in [-0.2, -0.15) is 4.39 Å². The van der Waals surface area contributed by atoms with Gasteiger partial charge in [-0.15, -0.1) is 0 Å². The smallest absolute Gasteiger partial charge is 0.214 e. The van der Waals surface area contributed by atoms with E-state index in [-0.39, 0.29) is 17.5 Å². The van der Waals surface area contributed by atoms with Gasteiger partial charge in [-0.3, -0.25) is 4.79 Å². The Bertz CT molecular complexity index is 665. The number of piperidine rings is 1. The van der Waals surface area contributed by atoms with Crippen LogP contribution in [0.3, 0.4) is 0 Å². The van der Waals surface area contributed by atoms with Crippen molar-refractivity contribution in [2.75, 3.05) is 18.0 Å². The first-order chi connectivity index (χ1) is 10.6. The summed E-state index contributed by atoms with van der Waals surface area (Å²) in [5, 5.41) is 0. The molecule has 3 rings (SSSR count). The van der Waals surface area contributed by atoms with Gasteiger partial charge >= 0.3 is 0 Å². The third-order valence-corrected chi connectivity index (χ3v) is 4.02. The van der Waals surface area contributed by atoms with E-state index in [4.69, 9.17) is 0 Å². The molecule has 114 valence electrons. The Morgan fingerprint density at radius 1 is 1.05 bits per heavy atom. The van der Waals surface area contributed by atoms with Crippen LogP contribution in [-0.4, -0.2) is 23.9 Å². The molecule has 2 heterocycles. The van der Waals surface area contributed by atoms with Crippen molar-refractivity contribution in [3.05, 3.63) is 59.8 Å². The molecule has 1 saturated heterocycles. The second-order valence-corrected chi connectivity index (χ2v) is 5.45. The molecular formula is C17H16F2N2O. The van der Waals surface area contributed by atoms with E-state index in [0.29, 0.717) is 37.3 Å². The second kappa shape index (κ2) is 6.22. The normalized spacial score (nSPS) is 15.8. The number of carbonyl (C=O) groups is 1. The summed E-state index contributed by atoms with van der Waals surface area (Å²) in [6.45, 7) is 1.32. The second-order valence-electron chi connectivity index (χ2n) is 5.45. The fourth-order valence-corrected chi connectivity index (χ4v) is 2.79. The number of hydrogen-bond donors (Lipinski definition) is 0. The van der Waals surface area contributed by atoms with Crippen LogP contribution in [-0.2, 0) is 0 Å². The Labute approximate surface area is 127 Å². The van der Waals surface area contributed by atoms with Gasteiger partial charge in [-0.1, -0.05) is 6.07 Å². The number of pyridine rings is 1. The van der Waals surface area contributed by atoms with Crippen molar-refractivity contribution in [1.29, 1.82) is 0 Å². The Kier molecular flexibility index (Phi) is 4.13. The van der Waals surface area contributed by atoms with Crippen LogP contribution < -0.4 is 4.90 Å². The molecule has 5 heteroatoms. The summed E-state index contributed by atoms with van der Waals surface area (Å²) in [5.74, 6) is -0.264.